The van der Waals surface area contributed by atoms with Crippen molar-refractivity contribution < 1.29 is 0 Å². The Hall–Kier alpha value is 0. The summed E-state index contributed by atoms with van der Waals surface area (Å²) in [6, 6.07) is 0. The van der Waals surface area contributed by atoms with Crippen molar-refractivity contribution in [2.24, 2.45) is 82.9 Å². The van der Waals surface area contributed by atoms with Crippen LogP contribution in [0.3, 0.4) is 0 Å². The smallest absolute Gasteiger partial charge is 0.0352 e. The maximum absolute atomic E-state index is 2.70. The minimum absolute atomic E-state index is 0.828. The minimum atomic E-state index is 0.828. The Balaban J connectivity index is 1.38. The summed E-state index contributed by atoms with van der Waals surface area (Å²) in [6.45, 7) is 20.3. The van der Waals surface area contributed by atoms with Crippen LogP contribution >= 0.6 is 0 Å². The summed E-state index contributed by atoms with van der Waals surface area (Å²) in [4.78, 5) is 0. The first-order valence-electron chi connectivity index (χ1n) is 16.7. The van der Waals surface area contributed by atoms with Gasteiger partial charge >= 0.3 is 0 Å². The van der Waals surface area contributed by atoms with Gasteiger partial charge in [0.15, 0.2) is 0 Å². The van der Waals surface area contributed by atoms with Crippen molar-refractivity contribution in [3.63, 3.8) is 0 Å². The van der Waals surface area contributed by atoms with E-state index in [2.05, 4.69) is 55.4 Å². The fourth-order valence-electron chi connectivity index (χ4n) is 10.6. The molecule has 0 heterocycles. The summed E-state index contributed by atoms with van der Waals surface area (Å²) >= 11 is 0. The molecule has 13 atom stereocenters. The van der Waals surface area contributed by atoms with Gasteiger partial charge in [-0.1, -0.05) is 74.7 Å². The van der Waals surface area contributed by atoms with Gasteiger partial charge in [0.25, 0.3) is 0 Å². The molecule has 0 radical (unpaired) electrons. The molecule has 4 fully saturated rings. The average molecular weight is 485 g/mol. The molecule has 0 N–H and O–H groups in total. The van der Waals surface area contributed by atoms with Crippen LogP contribution < -0.4 is 0 Å². The Bertz CT molecular complexity index is 634. The number of hydrogen-bond donors (Lipinski definition) is 0. The standard InChI is InChI=1S/C35H64/c1-9-24(6)34-20-31(21-35(32(34)10-2)26(8)22(3)4)25(7)18-29-13-14-30-19-28(15-16-33(29)30)27-12-11-23(5)17-27/h22-35H,9-21H2,1-8H3. The molecular weight excluding hydrogens is 420 g/mol. The highest BCUT2D eigenvalue weighted by molar-refractivity contribution is 4.96. The van der Waals surface area contributed by atoms with Crippen molar-refractivity contribution in [2.75, 3.05) is 0 Å². The maximum atomic E-state index is 2.70. The van der Waals surface area contributed by atoms with Crippen LogP contribution in [0.1, 0.15) is 139 Å². The molecule has 0 aromatic carbocycles. The summed E-state index contributed by atoms with van der Waals surface area (Å²) in [7, 11) is 0. The van der Waals surface area contributed by atoms with Gasteiger partial charge in [-0.05, 0) is 147 Å². The lowest BCUT2D eigenvalue weighted by Gasteiger charge is -2.49. The summed E-state index contributed by atoms with van der Waals surface area (Å²) in [6.07, 6.45) is 20.0. The lowest BCUT2D eigenvalue weighted by Crippen LogP contribution is -2.41. The van der Waals surface area contributed by atoms with Crippen LogP contribution in [0.15, 0.2) is 0 Å². The molecule has 4 aliphatic carbocycles. The van der Waals surface area contributed by atoms with Crippen molar-refractivity contribution >= 4 is 0 Å². The molecule has 35 heavy (non-hydrogen) atoms. The van der Waals surface area contributed by atoms with Crippen LogP contribution in [0.4, 0.5) is 0 Å². The monoisotopic (exact) mass is 485 g/mol. The lowest BCUT2D eigenvalue weighted by molar-refractivity contribution is 0.00141. The molecule has 0 saturated heterocycles. The van der Waals surface area contributed by atoms with E-state index >= 15 is 0 Å². The van der Waals surface area contributed by atoms with Crippen LogP contribution in [-0.2, 0) is 0 Å². The van der Waals surface area contributed by atoms with Gasteiger partial charge < -0.3 is 0 Å². The Morgan fingerprint density at radius 1 is 0.657 bits per heavy atom. The number of rotatable bonds is 9. The Morgan fingerprint density at radius 2 is 1.31 bits per heavy atom. The van der Waals surface area contributed by atoms with E-state index in [1.54, 1.807) is 57.8 Å². The van der Waals surface area contributed by atoms with E-state index < -0.39 is 0 Å². The van der Waals surface area contributed by atoms with Gasteiger partial charge in [-0.25, -0.2) is 0 Å². The van der Waals surface area contributed by atoms with Crippen molar-refractivity contribution in [3.05, 3.63) is 0 Å². The van der Waals surface area contributed by atoms with Gasteiger partial charge in [0.1, 0.15) is 0 Å². The van der Waals surface area contributed by atoms with Crippen molar-refractivity contribution in [2.45, 2.75) is 139 Å². The SMILES string of the molecule is CCC(C)C1CC(C(C)CC2CCC3CC(C4CCC(C)C4)CCC23)CC(C(C)C(C)C)C1CC. The van der Waals surface area contributed by atoms with Gasteiger partial charge in [-0.3, -0.25) is 0 Å². The molecule has 0 bridgehead atoms. The van der Waals surface area contributed by atoms with Crippen LogP contribution in [0.25, 0.3) is 0 Å². The third-order valence-electron chi connectivity index (χ3n) is 13.3. The second-order valence-electron chi connectivity index (χ2n) is 15.3. The van der Waals surface area contributed by atoms with Gasteiger partial charge in [0.05, 0.1) is 0 Å². The van der Waals surface area contributed by atoms with E-state index in [0.717, 1.165) is 82.9 Å². The van der Waals surface area contributed by atoms with Crippen molar-refractivity contribution in [1.29, 1.82) is 0 Å². The van der Waals surface area contributed by atoms with E-state index in [1.807, 2.05) is 0 Å². The maximum Gasteiger partial charge on any atom is -0.0352 e. The van der Waals surface area contributed by atoms with Gasteiger partial charge in [-0.15, -0.1) is 0 Å². The molecule has 0 amide bonds. The molecule has 204 valence electrons. The molecule has 0 spiro atoms. The molecular formula is C35H64. The van der Waals surface area contributed by atoms with E-state index in [9.17, 15) is 0 Å². The highest BCUT2D eigenvalue weighted by atomic mass is 14.5. The summed E-state index contributed by atoms with van der Waals surface area (Å²) in [5.74, 6) is 13.9. The highest BCUT2D eigenvalue weighted by Gasteiger charge is 2.46. The average Bonchev–Trinajstić information content (AvgIpc) is 3.47. The third kappa shape index (κ3) is 6.19. The van der Waals surface area contributed by atoms with E-state index in [-0.39, 0.29) is 0 Å². The van der Waals surface area contributed by atoms with Gasteiger partial charge in [0, 0.05) is 0 Å². The van der Waals surface area contributed by atoms with Crippen LogP contribution in [0.2, 0.25) is 0 Å². The molecule has 0 heteroatoms. The minimum Gasteiger partial charge on any atom is -0.0651 e. The first-order valence-corrected chi connectivity index (χ1v) is 16.7. The molecule has 4 aliphatic rings. The second-order valence-corrected chi connectivity index (χ2v) is 15.3. The molecule has 0 aliphatic heterocycles. The zero-order valence-corrected chi connectivity index (χ0v) is 25.3. The van der Waals surface area contributed by atoms with Crippen molar-refractivity contribution in [1.82, 2.24) is 0 Å². The summed E-state index contributed by atoms with van der Waals surface area (Å²) < 4.78 is 0. The molecule has 4 saturated carbocycles. The fourth-order valence-corrected chi connectivity index (χ4v) is 10.6. The van der Waals surface area contributed by atoms with Gasteiger partial charge in [-0.2, -0.15) is 0 Å². The highest BCUT2D eigenvalue weighted by Crippen LogP contribution is 2.55. The zero-order chi connectivity index (χ0) is 25.3. The molecule has 13 unspecified atom stereocenters. The van der Waals surface area contributed by atoms with E-state index in [4.69, 9.17) is 0 Å². The molecule has 0 nitrogen and oxygen atoms in total. The number of hydrogen-bond acceptors (Lipinski definition) is 0. The largest absolute Gasteiger partial charge is 0.0651 e. The van der Waals surface area contributed by atoms with E-state index in [1.165, 1.54) is 25.7 Å². The Labute approximate surface area is 221 Å². The Kier molecular flexibility index (Phi) is 9.80. The summed E-state index contributed by atoms with van der Waals surface area (Å²) in [5, 5.41) is 0. The molecule has 4 rings (SSSR count). The van der Waals surface area contributed by atoms with E-state index in [0.29, 0.717) is 0 Å². The normalized spacial score (nSPS) is 44.8. The second kappa shape index (κ2) is 12.2. The summed E-state index contributed by atoms with van der Waals surface area (Å²) in [5.41, 5.74) is 0. The Morgan fingerprint density at radius 3 is 1.94 bits per heavy atom. The predicted molar refractivity (Wildman–Crippen MR) is 154 cm³/mol. The third-order valence-corrected chi connectivity index (χ3v) is 13.3. The zero-order valence-electron chi connectivity index (χ0n) is 25.3. The topological polar surface area (TPSA) is 0 Å². The van der Waals surface area contributed by atoms with Crippen LogP contribution in [0.5, 0.6) is 0 Å². The fraction of sp³-hybridized carbons (Fsp3) is 1.00. The first kappa shape index (κ1) is 28.0. The predicted octanol–water partition coefficient (Wildman–Crippen LogP) is 10.9. The van der Waals surface area contributed by atoms with Gasteiger partial charge in [0.2, 0.25) is 0 Å². The number of fused-ring (bicyclic) bond motifs is 1. The molecule has 0 aromatic rings. The van der Waals surface area contributed by atoms with Crippen LogP contribution in [-0.4, -0.2) is 0 Å². The first-order chi connectivity index (χ1) is 16.7. The quantitative estimate of drug-likeness (QED) is 0.305. The lowest BCUT2D eigenvalue weighted by atomic mass is 9.56. The van der Waals surface area contributed by atoms with Crippen LogP contribution in [0, 0.1) is 82.9 Å². The molecule has 0 aromatic heterocycles. The van der Waals surface area contributed by atoms with Crippen molar-refractivity contribution in [3.8, 4) is 0 Å².